The largest absolute Gasteiger partial charge is 0.463 e. The number of hydrogen-bond acceptors (Lipinski definition) is 8. The van der Waals surface area contributed by atoms with Crippen molar-refractivity contribution in [3.63, 3.8) is 0 Å². The number of esters is 4. The van der Waals surface area contributed by atoms with E-state index in [1.807, 2.05) is 0 Å². The monoisotopic (exact) mass is 396 g/mol. The fourth-order valence-electron chi connectivity index (χ4n) is 1.42. The minimum absolute atomic E-state index is 0.0322. The van der Waals surface area contributed by atoms with E-state index in [1.54, 1.807) is 0 Å². The van der Waals surface area contributed by atoms with E-state index >= 15 is 0 Å². The molecule has 0 aliphatic rings. The number of ether oxygens (including phenoxy) is 4. The molecule has 28 heavy (non-hydrogen) atoms. The second-order valence-corrected chi connectivity index (χ2v) is 4.90. The Morgan fingerprint density at radius 3 is 0.964 bits per heavy atom. The van der Waals surface area contributed by atoms with Gasteiger partial charge < -0.3 is 18.9 Å². The topological polar surface area (TPSA) is 105 Å². The summed E-state index contributed by atoms with van der Waals surface area (Å²) >= 11 is 0. The first-order valence-electron chi connectivity index (χ1n) is 8.58. The highest BCUT2D eigenvalue weighted by Gasteiger charge is 1.98. The van der Waals surface area contributed by atoms with Crippen LogP contribution in [-0.4, -0.2) is 50.3 Å². The maximum absolute atomic E-state index is 10.6. The fourth-order valence-corrected chi connectivity index (χ4v) is 1.42. The van der Waals surface area contributed by atoms with E-state index in [0.717, 1.165) is 50.0 Å². The van der Waals surface area contributed by atoms with Gasteiger partial charge in [0.1, 0.15) is 13.2 Å². The Bertz CT molecular complexity index is 488. The zero-order valence-corrected chi connectivity index (χ0v) is 16.1. The van der Waals surface area contributed by atoms with Gasteiger partial charge in [0.05, 0.1) is 13.2 Å². The molecule has 0 heterocycles. The summed E-state index contributed by atoms with van der Waals surface area (Å²) in [5.74, 6) is -1.85. The van der Waals surface area contributed by atoms with E-state index < -0.39 is 11.9 Å². The van der Waals surface area contributed by atoms with Gasteiger partial charge >= 0.3 is 23.9 Å². The lowest BCUT2D eigenvalue weighted by Crippen LogP contribution is -2.10. The lowest BCUT2D eigenvalue weighted by atomic mass is 10.2. The van der Waals surface area contributed by atoms with Gasteiger partial charge in [0.2, 0.25) is 0 Å². The maximum Gasteiger partial charge on any atom is 0.330 e. The van der Waals surface area contributed by atoms with Crippen LogP contribution >= 0.6 is 0 Å². The first-order valence-corrected chi connectivity index (χ1v) is 8.58. The Morgan fingerprint density at radius 2 is 0.714 bits per heavy atom. The summed E-state index contributed by atoms with van der Waals surface area (Å²) in [6.45, 7) is 13.9. The van der Waals surface area contributed by atoms with Crippen molar-refractivity contribution in [3.8, 4) is 0 Å². The van der Waals surface area contributed by atoms with Crippen LogP contribution in [0.2, 0.25) is 0 Å². The van der Waals surface area contributed by atoms with Crippen molar-refractivity contribution in [1.82, 2.24) is 0 Å². The van der Waals surface area contributed by atoms with Crippen LogP contribution in [-0.2, 0) is 38.1 Å². The van der Waals surface area contributed by atoms with E-state index in [0.29, 0.717) is 13.2 Å². The molecule has 0 atom stereocenters. The molecule has 0 spiro atoms. The van der Waals surface area contributed by atoms with Crippen molar-refractivity contribution in [2.75, 3.05) is 26.4 Å². The van der Waals surface area contributed by atoms with Crippen LogP contribution in [0, 0.1) is 0 Å². The third kappa shape index (κ3) is 20.9. The molecule has 0 rings (SSSR count). The predicted molar refractivity (Wildman–Crippen MR) is 103 cm³/mol. The lowest BCUT2D eigenvalue weighted by Gasteiger charge is -2.03. The molecule has 0 bridgehead atoms. The zero-order valence-electron chi connectivity index (χ0n) is 16.1. The summed E-state index contributed by atoms with van der Waals surface area (Å²) in [6.07, 6.45) is 7.88. The van der Waals surface area contributed by atoms with Crippen LogP contribution in [0.25, 0.3) is 0 Å². The van der Waals surface area contributed by atoms with Crippen LogP contribution in [0.5, 0.6) is 0 Å². The second kappa shape index (κ2) is 20.2. The molecule has 0 amide bonds. The molecule has 0 saturated carbocycles. The SMILES string of the molecule is C=CC(=O)OCCCCCCOC(=O)C=C.C=CC(=O)OCCOC(=O)C=C. The molecule has 0 aromatic rings. The highest BCUT2D eigenvalue weighted by molar-refractivity contribution is 5.82. The van der Waals surface area contributed by atoms with Gasteiger partial charge in [-0.1, -0.05) is 26.3 Å². The van der Waals surface area contributed by atoms with Gasteiger partial charge in [0, 0.05) is 24.3 Å². The van der Waals surface area contributed by atoms with Crippen LogP contribution in [0.1, 0.15) is 25.7 Å². The molecular weight excluding hydrogens is 368 g/mol. The van der Waals surface area contributed by atoms with Gasteiger partial charge in [0.15, 0.2) is 0 Å². The van der Waals surface area contributed by atoms with Crippen molar-refractivity contribution < 1.29 is 38.1 Å². The molecule has 0 aliphatic carbocycles. The van der Waals surface area contributed by atoms with Gasteiger partial charge in [-0.2, -0.15) is 0 Å². The summed E-state index contributed by atoms with van der Waals surface area (Å²) in [7, 11) is 0. The van der Waals surface area contributed by atoms with Gasteiger partial charge in [-0.15, -0.1) is 0 Å². The second-order valence-electron chi connectivity index (χ2n) is 4.90. The van der Waals surface area contributed by atoms with Crippen LogP contribution in [0.15, 0.2) is 50.6 Å². The molecule has 8 nitrogen and oxygen atoms in total. The molecule has 0 saturated heterocycles. The minimum Gasteiger partial charge on any atom is -0.463 e. The first-order chi connectivity index (χ1) is 13.4. The Kier molecular flexibility index (Phi) is 19.5. The summed E-state index contributed by atoms with van der Waals surface area (Å²) < 4.78 is 18.6. The summed E-state index contributed by atoms with van der Waals surface area (Å²) in [5, 5.41) is 0. The van der Waals surface area contributed by atoms with Crippen LogP contribution in [0.4, 0.5) is 0 Å². The van der Waals surface area contributed by atoms with Crippen molar-refractivity contribution >= 4 is 23.9 Å². The third-order valence-corrected chi connectivity index (χ3v) is 2.77. The lowest BCUT2D eigenvalue weighted by molar-refractivity contribution is -0.146. The number of hydrogen-bond donors (Lipinski definition) is 0. The predicted octanol–water partition coefficient (Wildman–Crippen LogP) is 2.45. The highest BCUT2D eigenvalue weighted by atomic mass is 16.6. The van der Waals surface area contributed by atoms with Crippen molar-refractivity contribution in [3.05, 3.63) is 50.6 Å². The standard InChI is InChI=1S/C12H18O4.C8H10O4/c1-3-11(13)15-9-7-5-6-8-10-16-12(14)4-2;1-3-7(9)11-5-6-12-8(10)4-2/h3-4H,1-2,5-10H2;3-4H,1-2,5-6H2. The van der Waals surface area contributed by atoms with Gasteiger partial charge in [-0.25, -0.2) is 19.2 Å². The highest BCUT2D eigenvalue weighted by Crippen LogP contribution is 2.01. The van der Waals surface area contributed by atoms with Gasteiger partial charge in [-0.05, 0) is 25.7 Å². The molecule has 0 aliphatic heterocycles. The van der Waals surface area contributed by atoms with Crippen molar-refractivity contribution in [2.45, 2.75) is 25.7 Å². The minimum atomic E-state index is -0.537. The molecule has 0 radical (unpaired) electrons. The Balaban J connectivity index is 0. The van der Waals surface area contributed by atoms with Crippen molar-refractivity contribution in [1.29, 1.82) is 0 Å². The van der Waals surface area contributed by atoms with Crippen LogP contribution in [0.3, 0.4) is 0 Å². The zero-order chi connectivity index (χ0) is 21.6. The molecule has 156 valence electrons. The smallest absolute Gasteiger partial charge is 0.330 e. The molecule has 0 fully saturated rings. The molecule has 8 heteroatoms. The molecule has 0 unspecified atom stereocenters. The summed E-state index contributed by atoms with van der Waals surface area (Å²) in [5.41, 5.74) is 0. The normalized spacial score (nSPS) is 8.86. The number of carbonyl (C=O) groups excluding carboxylic acids is 4. The number of rotatable bonds is 14. The van der Waals surface area contributed by atoms with Crippen LogP contribution < -0.4 is 0 Å². The van der Waals surface area contributed by atoms with E-state index in [1.165, 1.54) is 0 Å². The van der Waals surface area contributed by atoms with E-state index in [4.69, 9.17) is 9.47 Å². The Hall–Kier alpha value is -3.16. The van der Waals surface area contributed by atoms with E-state index in [2.05, 4.69) is 35.8 Å². The Morgan fingerprint density at radius 1 is 0.464 bits per heavy atom. The van der Waals surface area contributed by atoms with Gasteiger partial charge in [0.25, 0.3) is 0 Å². The average Bonchev–Trinajstić information content (AvgIpc) is 2.72. The molecule has 0 aromatic heterocycles. The van der Waals surface area contributed by atoms with Crippen molar-refractivity contribution in [2.24, 2.45) is 0 Å². The average molecular weight is 396 g/mol. The third-order valence-electron chi connectivity index (χ3n) is 2.77. The first kappa shape index (κ1) is 27.1. The summed E-state index contributed by atoms with van der Waals surface area (Å²) in [4.78, 5) is 42.1. The summed E-state index contributed by atoms with van der Waals surface area (Å²) in [6, 6.07) is 0. The Labute approximate surface area is 165 Å². The molecule has 0 aromatic carbocycles. The molecule has 0 N–H and O–H groups in total. The molecular formula is C20H28O8. The number of carbonyl (C=O) groups is 4. The maximum atomic E-state index is 10.6. The fraction of sp³-hybridized carbons (Fsp3) is 0.400. The number of unbranched alkanes of at least 4 members (excludes halogenated alkanes) is 3. The van der Waals surface area contributed by atoms with Gasteiger partial charge in [-0.3, -0.25) is 0 Å². The van der Waals surface area contributed by atoms with E-state index in [9.17, 15) is 19.2 Å². The van der Waals surface area contributed by atoms with E-state index in [-0.39, 0.29) is 25.2 Å². The quantitative estimate of drug-likeness (QED) is 0.191.